The molecule has 6 nitrogen and oxygen atoms in total. The molecule has 1 aromatic heterocycles. The van der Waals surface area contributed by atoms with Crippen LogP contribution in [-0.2, 0) is 22.9 Å². The van der Waals surface area contributed by atoms with Crippen LogP contribution in [0.1, 0.15) is 17.0 Å². The number of aromatic amines is 1. The van der Waals surface area contributed by atoms with Gasteiger partial charge in [0, 0.05) is 6.42 Å². The number of aryl methyl sites for hydroxylation is 3. The first-order valence-electron chi connectivity index (χ1n) is 5.45. The van der Waals surface area contributed by atoms with Gasteiger partial charge in [0.1, 0.15) is 5.82 Å². The topological polar surface area (TPSA) is 102 Å². The number of benzene rings is 1. The molecule has 0 atom stereocenters. The van der Waals surface area contributed by atoms with E-state index in [1.807, 2.05) is 31.2 Å². The molecule has 2 aromatic rings. The van der Waals surface area contributed by atoms with Crippen molar-refractivity contribution in [3.8, 4) is 0 Å². The van der Waals surface area contributed by atoms with E-state index in [-0.39, 0.29) is 5.16 Å². The Morgan fingerprint density at radius 1 is 1.22 bits per heavy atom. The first-order valence-corrected chi connectivity index (χ1v) is 6.99. The van der Waals surface area contributed by atoms with Crippen molar-refractivity contribution in [1.82, 2.24) is 15.2 Å². The highest BCUT2D eigenvalue weighted by Crippen LogP contribution is 2.07. The summed E-state index contributed by atoms with van der Waals surface area (Å²) in [6.07, 6.45) is 1.35. The fourth-order valence-electron chi connectivity index (χ4n) is 1.53. The summed E-state index contributed by atoms with van der Waals surface area (Å²) in [6.45, 7) is 2.03. The van der Waals surface area contributed by atoms with Crippen LogP contribution < -0.4 is 5.14 Å². The summed E-state index contributed by atoms with van der Waals surface area (Å²) in [7, 11) is -3.82. The summed E-state index contributed by atoms with van der Waals surface area (Å²) >= 11 is 0. The quantitative estimate of drug-likeness (QED) is 0.843. The van der Waals surface area contributed by atoms with Crippen LogP contribution in [0, 0.1) is 6.92 Å². The van der Waals surface area contributed by atoms with E-state index >= 15 is 0 Å². The van der Waals surface area contributed by atoms with Crippen LogP contribution in [0.4, 0.5) is 0 Å². The fourth-order valence-corrected chi connectivity index (χ4v) is 1.94. The Kier molecular flexibility index (Phi) is 3.44. The molecule has 1 aromatic carbocycles. The molecule has 0 amide bonds. The van der Waals surface area contributed by atoms with Crippen LogP contribution in [0.2, 0.25) is 0 Å². The normalized spacial score (nSPS) is 11.7. The molecule has 1 heterocycles. The zero-order valence-electron chi connectivity index (χ0n) is 9.92. The first-order chi connectivity index (χ1) is 8.45. The number of rotatable bonds is 4. The van der Waals surface area contributed by atoms with Gasteiger partial charge < -0.3 is 0 Å². The Hall–Kier alpha value is -1.73. The van der Waals surface area contributed by atoms with E-state index in [4.69, 9.17) is 5.14 Å². The van der Waals surface area contributed by atoms with Crippen LogP contribution in [0.3, 0.4) is 0 Å². The Bertz CT molecular complexity index is 631. The molecular formula is C11H14N4O2S. The zero-order valence-corrected chi connectivity index (χ0v) is 10.7. The summed E-state index contributed by atoms with van der Waals surface area (Å²) < 4.78 is 22.0. The molecule has 0 saturated heterocycles. The number of nitrogens with one attached hydrogen (secondary N) is 1. The van der Waals surface area contributed by atoms with Crippen LogP contribution in [0.15, 0.2) is 29.4 Å². The highest BCUT2D eigenvalue weighted by molar-refractivity contribution is 7.89. The van der Waals surface area contributed by atoms with E-state index in [0.717, 1.165) is 12.0 Å². The van der Waals surface area contributed by atoms with Crippen molar-refractivity contribution in [2.75, 3.05) is 0 Å². The molecule has 0 fully saturated rings. The number of sulfonamides is 1. The van der Waals surface area contributed by atoms with E-state index in [9.17, 15) is 8.42 Å². The second-order valence-electron chi connectivity index (χ2n) is 4.10. The zero-order chi connectivity index (χ0) is 13.2. The van der Waals surface area contributed by atoms with Gasteiger partial charge in [-0.25, -0.2) is 18.5 Å². The smallest absolute Gasteiger partial charge is 0.262 e. The van der Waals surface area contributed by atoms with Crippen molar-refractivity contribution in [2.24, 2.45) is 5.14 Å². The number of aromatic nitrogens is 3. The molecule has 0 spiro atoms. The summed E-state index contributed by atoms with van der Waals surface area (Å²) in [5.74, 6) is 0.514. The molecule has 0 saturated carbocycles. The minimum Gasteiger partial charge on any atom is -0.262 e. The third-order valence-electron chi connectivity index (χ3n) is 2.54. The molecule has 7 heteroatoms. The van der Waals surface area contributed by atoms with E-state index in [0.29, 0.717) is 12.2 Å². The summed E-state index contributed by atoms with van der Waals surface area (Å²) in [6, 6.07) is 8.13. The van der Waals surface area contributed by atoms with Crippen LogP contribution >= 0.6 is 0 Å². The van der Waals surface area contributed by atoms with E-state index in [1.165, 1.54) is 5.56 Å². The van der Waals surface area contributed by atoms with E-state index < -0.39 is 10.0 Å². The fraction of sp³-hybridized carbons (Fsp3) is 0.273. The van der Waals surface area contributed by atoms with E-state index in [1.54, 1.807) is 0 Å². The van der Waals surface area contributed by atoms with Gasteiger partial charge in [-0.2, -0.15) is 0 Å². The van der Waals surface area contributed by atoms with Crippen LogP contribution in [0.25, 0.3) is 0 Å². The number of hydrogen-bond donors (Lipinski definition) is 2. The molecule has 0 aliphatic carbocycles. The van der Waals surface area contributed by atoms with Gasteiger partial charge in [-0.15, -0.1) is 5.10 Å². The maximum absolute atomic E-state index is 11.0. The molecule has 0 radical (unpaired) electrons. The molecule has 0 bridgehead atoms. The number of hydrogen-bond acceptors (Lipinski definition) is 4. The largest absolute Gasteiger partial charge is 0.282 e. The Morgan fingerprint density at radius 2 is 1.89 bits per heavy atom. The average Bonchev–Trinajstić information content (AvgIpc) is 2.77. The van der Waals surface area contributed by atoms with Gasteiger partial charge in [-0.3, -0.25) is 5.10 Å². The number of nitrogens with zero attached hydrogens (tertiary/aromatic N) is 2. The van der Waals surface area contributed by atoms with Crippen LogP contribution in [0.5, 0.6) is 0 Å². The van der Waals surface area contributed by atoms with Gasteiger partial charge in [0.05, 0.1) is 0 Å². The second kappa shape index (κ2) is 4.87. The third-order valence-corrected chi connectivity index (χ3v) is 3.23. The molecule has 3 N–H and O–H groups in total. The van der Waals surface area contributed by atoms with Crippen molar-refractivity contribution >= 4 is 10.0 Å². The van der Waals surface area contributed by atoms with Crippen molar-refractivity contribution in [3.63, 3.8) is 0 Å². The van der Waals surface area contributed by atoms with Gasteiger partial charge in [0.15, 0.2) is 0 Å². The maximum atomic E-state index is 11.0. The Morgan fingerprint density at radius 3 is 2.44 bits per heavy atom. The predicted octanol–water partition coefficient (Wildman–Crippen LogP) is 0.546. The van der Waals surface area contributed by atoms with Gasteiger partial charge >= 0.3 is 0 Å². The van der Waals surface area contributed by atoms with Crippen molar-refractivity contribution < 1.29 is 8.42 Å². The molecule has 2 rings (SSSR count). The van der Waals surface area contributed by atoms with E-state index in [2.05, 4.69) is 15.2 Å². The average molecular weight is 266 g/mol. The highest BCUT2D eigenvalue weighted by Gasteiger charge is 2.14. The molecule has 0 aliphatic heterocycles. The van der Waals surface area contributed by atoms with Gasteiger partial charge in [-0.1, -0.05) is 29.8 Å². The minimum atomic E-state index is -3.82. The molecular weight excluding hydrogens is 252 g/mol. The monoisotopic (exact) mass is 266 g/mol. The number of H-pyrrole nitrogens is 1. The second-order valence-corrected chi connectivity index (χ2v) is 5.55. The highest BCUT2D eigenvalue weighted by atomic mass is 32.2. The number of nitrogens with two attached hydrogens (primary N) is 1. The standard InChI is InChI=1S/C11H14N4O2S/c1-8-2-4-9(5-3-8)6-7-10-13-11(15-14-10)18(12,16)17/h2-5H,6-7H2,1H3,(H2,12,16,17)(H,13,14,15). The molecule has 0 unspecified atom stereocenters. The lowest BCUT2D eigenvalue weighted by Crippen LogP contribution is -2.14. The number of primary sulfonamides is 1. The first kappa shape index (κ1) is 12.7. The molecule has 96 valence electrons. The summed E-state index contributed by atoms with van der Waals surface area (Å²) in [4.78, 5) is 3.83. The molecule has 18 heavy (non-hydrogen) atoms. The van der Waals surface area contributed by atoms with Crippen molar-refractivity contribution in [2.45, 2.75) is 24.9 Å². The summed E-state index contributed by atoms with van der Waals surface area (Å²) in [5.41, 5.74) is 2.36. The van der Waals surface area contributed by atoms with Gasteiger partial charge in [0.25, 0.3) is 15.2 Å². The van der Waals surface area contributed by atoms with Gasteiger partial charge in [0.2, 0.25) is 0 Å². The lowest BCUT2D eigenvalue weighted by Gasteiger charge is -1.99. The lowest BCUT2D eigenvalue weighted by atomic mass is 10.1. The minimum absolute atomic E-state index is 0.360. The summed E-state index contributed by atoms with van der Waals surface area (Å²) in [5, 5.41) is 10.7. The maximum Gasteiger partial charge on any atom is 0.282 e. The predicted molar refractivity (Wildman–Crippen MR) is 66.3 cm³/mol. The Labute approximate surface area is 105 Å². The SMILES string of the molecule is Cc1ccc(CCc2nc(S(N)(=O)=O)n[nH]2)cc1. The molecule has 0 aliphatic rings. The van der Waals surface area contributed by atoms with Gasteiger partial charge in [-0.05, 0) is 18.9 Å². The lowest BCUT2D eigenvalue weighted by molar-refractivity contribution is 0.589. The Balaban J connectivity index is 2.03. The van der Waals surface area contributed by atoms with Crippen molar-refractivity contribution in [3.05, 3.63) is 41.2 Å². The third kappa shape index (κ3) is 3.14. The van der Waals surface area contributed by atoms with Crippen LogP contribution in [-0.4, -0.2) is 23.6 Å². The van der Waals surface area contributed by atoms with Crippen molar-refractivity contribution in [1.29, 1.82) is 0 Å².